The average Bonchev–Trinajstić information content (AvgIpc) is 3.01. The summed E-state index contributed by atoms with van der Waals surface area (Å²) in [6.45, 7) is 7.36. The fraction of sp³-hybridized carbons (Fsp3) is 0.500. The molecule has 27 heavy (non-hydrogen) atoms. The Kier molecular flexibility index (Phi) is 6.45. The van der Waals surface area contributed by atoms with Crippen molar-refractivity contribution >= 4 is 11.6 Å². The number of hydrogen-bond donors (Lipinski definition) is 1. The van der Waals surface area contributed by atoms with Gasteiger partial charge in [-0.05, 0) is 57.5 Å². The molecule has 1 amide bonds. The summed E-state index contributed by atoms with van der Waals surface area (Å²) >= 11 is 0. The number of carbonyl (C=O) groups is 1. The van der Waals surface area contributed by atoms with Crippen LogP contribution < -0.4 is 10.1 Å². The number of nitrogens with zero attached hydrogens (tertiary/aromatic N) is 3. The lowest BCUT2D eigenvalue weighted by Gasteiger charge is -2.32. The normalized spacial score (nSPS) is 17.7. The van der Waals surface area contributed by atoms with Crippen LogP contribution in [0.5, 0.6) is 5.75 Å². The summed E-state index contributed by atoms with van der Waals surface area (Å²) in [6, 6.07) is 6.08. The van der Waals surface area contributed by atoms with Crippen LogP contribution in [0, 0.1) is 18.7 Å². The highest BCUT2D eigenvalue weighted by atomic mass is 19.1. The molecule has 2 heterocycles. The smallest absolute Gasteiger partial charge is 0.238 e. The van der Waals surface area contributed by atoms with Crippen LogP contribution >= 0.6 is 0 Å². The van der Waals surface area contributed by atoms with Crippen molar-refractivity contribution in [1.29, 1.82) is 0 Å². The van der Waals surface area contributed by atoms with E-state index in [1.807, 2.05) is 24.7 Å². The Bertz CT molecular complexity index is 760. The highest BCUT2D eigenvalue weighted by Crippen LogP contribution is 2.19. The standard InChI is InChI=1S/C20H27FN4O2/c1-3-25-12-19(15(2)23-25)22-20(26)13-24-10-4-5-16(11-24)14-27-18-8-6-17(21)7-9-18/h6-9,12,16H,3-5,10-11,13-14H2,1-2H3,(H,22,26)/t16-/m0/s1. The molecular formula is C20H27FN4O2. The Labute approximate surface area is 159 Å². The number of anilines is 1. The largest absolute Gasteiger partial charge is 0.493 e. The van der Waals surface area contributed by atoms with E-state index in [9.17, 15) is 9.18 Å². The number of halogens is 1. The molecular weight excluding hydrogens is 347 g/mol. The lowest BCUT2D eigenvalue weighted by Crippen LogP contribution is -2.42. The molecule has 2 aromatic rings. The SMILES string of the molecule is CCn1cc(NC(=O)CN2CCC[C@H](COc3ccc(F)cc3)C2)c(C)n1. The molecule has 3 rings (SSSR count). The quantitative estimate of drug-likeness (QED) is 0.809. The van der Waals surface area contributed by atoms with Crippen molar-refractivity contribution in [2.24, 2.45) is 5.92 Å². The van der Waals surface area contributed by atoms with Crippen LogP contribution in [0.3, 0.4) is 0 Å². The molecule has 1 fully saturated rings. The molecule has 1 aliphatic heterocycles. The van der Waals surface area contributed by atoms with Gasteiger partial charge in [0.25, 0.3) is 0 Å². The predicted molar refractivity (Wildman–Crippen MR) is 102 cm³/mol. The minimum atomic E-state index is -0.267. The molecule has 0 saturated carbocycles. The number of amides is 1. The van der Waals surface area contributed by atoms with E-state index in [0.717, 1.165) is 43.9 Å². The van der Waals surface area contributed by atoms with Crippen LogP contribution in [0.1, 0.15) is 25.5 Å². The van der Waals surface area contributed by atoms with E-state index < -0.39 is 0 Å². The van der Waals surface area contributed by atoms with Gasteiger partial charge >= 0.3 is 0 Å². The minimum Gasteiger partial charge on any atom is -0.493 e. The van der Waals surface area contributed by atoms with E-state index in [4.69, 9.17) is 4.74 Å². The maximum absolute atomic E-state index is 13.0. The average molecular weight is 374 g/mol. The lowest BCUT2D eigenvalue weighted by atomic mass is 9.99. The monoisotopic (exact) mass is 374 g/mol. The van der Waals surface area contributed by atoms with Gasteiger partial charge in [-0.3, -0.25) is 14.4 Å². The highest BCUT2D eigenvalue weighted by molar-refractivity contribution is 5.92. The Morgan fingerprint density at radius 2 is 2.15 bits per heavy atom. The van der Waals surface area contributed by atoms with Gasteiger partial charge < -0.3 is 10.1 Å². The van der Waals surface area contributed by atoms with Gasteiger partial charge in [-0.25, -0.2) is 4.39 Å². The molecule has 1 N–H and O–H groups in total. The first-order valence-corrected chi connectivity index (χ1v) is 9.48. The summed E-state index contributed by atoms with van der Waals surface area (Å²) in [5.74, 6) is 0.752. The van der Waals surface area contributed by atoms with Crippen LogP contribution in [-0.4, -0.2) is 46.8 Å². The van der Waals surface area contributed by atoms with Gasteiger partial charge in [-0.2, -0.15) is 5.10 Å². The van der Waals surface area contributed by atoms with E-state index in [1.165, 1.54) is 12.1 Å². The second-order valence-electron chi connectivity index (χ2n) is 7.04. The van der Waals surface area contributed by atoms with E-state index in [1.54, 1.807) is 12.1 Å². The van der Waals surface area contributed by atoms with Gasteiger partial charge in [-0.15, -0.1) is 0 Å². The summed E-state index contributed by atoms with van der Waals surface area (Å²) in [4.78, 5) is 14.6. The third-order valence-electron chi connectivity index (χ3n) is 4.81. The van der Waals surface area contributed by atoms with Gasteiger partial charge in [0.1, 0.15) is 11.6 Å². The van der Waals surface area contributed by atoms with Gasteiger partial charge in [0.15, 0.2) is 0 Å². The molecule has 1 atom stereocenters. The Morgan fingerprint density at radius 3 is 2.85 bits per heavy atom. The Hall–Kier alpha value is -2.41. The van der Waals surface area contributed by atoms with Crippen molar-refractivity contribution < 1.29 is 13.9 Å². The zero-order valence-corrected chi connectivity index (χ0v) is 15.9. The fourth-order valence-corrected chi connectivity index (χ4v) is 3.37. The molecule has 1 aromatic carbocycles. The van der Waals surface area contributed by atoms with Crippen LogP contribution in [0.4, 0.5) is 10.1 Å². The van der Waals surface area contributed by atoms with Crippen molar-refractivity contribution in [3.8, 4) is 5.75 Å². The fourth-order valence-electron chi connectivity index (χ4n) is 3.37. The third kappa shape index (κ3) is 5.53. The summed E-state index contributed by atoms with van der Waals surface area (Å²) in [6.07, 6.45) is 3.97. The number of aromatic nitrogens is 2. The Balaban J connectivity index is 1.46. The molecule has 7 heteroatoms. The highest BCUT2D eigenvalue weighted by Gasteiger charge is 2.22. The van der Waals surface area contributed by atoms with E-state index in [-0.39, 0.29) is 11.7 Å². The first-order chi connectivity index (χ1) is 13.0. The number of carbonyl (C=O) groups excluding carboxylic acids is 1. The van der Waals surface area contributed by atoms with E-state index >= 15 is 0 Å². The van der Waals surface area contributed by atoms with E-state index in [2.05, 4.69) is 15.3 Å². The van der Waals surface area contributed by atoms with Crippen molar-refractivity contribution in [2.45, 2.75) is 33.2 Å². The molecule has 0 spiro atoms. The summed E-state index contributed by atoms with van der Waals surface area (Å²) < 4.78 is 20.5. The molecule has 1 saturated heterocycles. The van der Waals surface area contributed by atoms with Crippen molar-refractivity contribution in [2.75, 3.05) is 31.6 Å². The molecule has 0 radical (unpaired) electrons. The molecule has 146 valence electrons. The third-order valence-corrected chi connectivity index (χ3v) is 4.81. The first kappa shape index (κ1) is 19.4. The summed E-state index contributed by atoms with van der Waals surface area (Å²) in [5.41, 5.74) is 1.60. The van der Waals surface area contributed by atoms with E-state index in [0.29, 0.717) is 24.8 Å². The number of benzene rings is 1. The number of aryl methyl sites for hydroxylation is 2. The number of nitrogens with one attached hydrogen (secondary N) is 1. The Morgan fingerprint density at radius 1 is 1.37 bits per heavy atom. The number of likely N-dealkylation sites (tertiary alicyclic amines) is 1. The van der Waals surface area contributed by atoms with Crippen molar-refractivity contribution in [3.05, 3.63) is 42.0 Å². The molecule has 0 unspecified atom stereocenters. The minimum absolute atomic E-state index is 0.0196. The predicted octanol–water partition coefficient (Wildman–Crippen LogP) is 3.08. The van der Waals surface area contributed by atoms with Gasteiger partial charge in [-0.1, -0.05) is 0 Å². The maximum Gasteiger partial charge on any atom is 0.238 e. The second kappa shape index (κ2) is 8.99. The van der Waals surface area contributed by atoms with Crippen LogP contribution in [0.2, 0.25) is 0 Å². The number of hydrogen-bond acceptors (Lipinski definition) is 4. The summed E-state index contributed by atoms with van der Waals surface area (Å²) in [5, 5.41) is 7.31. The maximum atomic E-state index is 13.0. The number of piperidine rings is 1. The van der Waals surface area contributed by atoms with Crippen LogP contribution in [0.25, 0.3) is 0 Å². The van der Waals surface area contributed by atoms with Crippen molar-refractivity contribution in [3.63, 3.8) is 0 Å². The molecule has 0 aliphatic carbocycles. The van der Waals surface area contributed by atoms with Crippen LogP contribution in [0.15, 0.2) is 30.5 Å². The van der Waals surface area contributed by atoms with Crippen molar-refractivity contribution in [1.82, 2.24) is 14.7 Å². The molecule has 1 aromatic heterocycles. The molecule has 1 aliphatic rings. The molecule has 6 nitrogen and oxygen atoms in total. The van der Waals surface area contributed by atoms with Gasteiger partial charge in [0, 0.05) is 25.2 Å². The second-order valence-corrected chi connectivity index (χ2v) is 7.04. The summed E-state index contributed by atoms with van der Waals surface area (Å²) in [7, 11) is 0. The van der Waals surface area contributed by atoms with Crippen LogP contribution in [-0.2, 0) is 11.3 Å². The zero-order chi connectivity index (χ0) is 19.2. The van der Waals surface area contributed by atoms with Gasteiger partial charge in [0.2, 0.25) is 5.91 Å². The molecule has 0 bridgehead atoms. The number of ether oxygens (including phenoxy) is 1. The zero-order valence-electron chi connectivity index (χ0n) is 15.9. The van der Waals surface area contributed by atoms with Gasteiger partial charge in [0.05, 0.1) is 24.5 Å². The lowest BCUT2D eigenvalue weighted by molar-refractivity contribution is -0.117. The number of rotatable bonds is 7. The topological polar surface area (TPSA) is 59.4 Å². The first-order valence-electron chi connectivity index (χ1n) is 9.48.